The number of fused-ring (bicyclic) bond motifs is 1. The van der Waals surface area contributed by atoms with Crippen LogP contribution in [0.15, 0.2) is 42.6 Å². The second-order valence-electron chi connectivity index (χ2n) is 5.95. The molecule has 1 saturated heterocycles. The quantitative estimate of drug-likeness (QED) is 0.735. The maximum Gasteiger partial charge on any atom is 0.147 e. The molecule has 2 aromatic carbocycles. The lowest BCUT2D eigenvalue weighted by atomic mass is 10.2. The molecule has 1 aliphatic heterocycles. The predicted octanol–water partition coefficient (Wildman–Crippen LogP) is 3.97. The molecule has 0 aliphatic carbocycles. The number of aromatic nitrogens is 2. The van der Waals surface area contributed by atoms with Gasteiger partial charge in [-0.05, 0) is 24.3 Å². The van der Waals surface area contributed by atoms with Crippen molar-refractivity contribution in [1.29, 1.82) is 0 Å². The highest BCUT2D eigenvalue weighted by Gasteiger charge is 2.20. The molecular formula is C18H16Cl2N4O. The van der Waals surface area contributed by atoms with Gasteiger partial charge in [0.05, 0.1) is 33.0 Å². The van der Waals surface area contributed by atoms with Crippen molar-refractivity contribution in [3.05, 3.63) is 52.6 Å². The molecule has 1 fully saturated rings. The molecule has 0 radical (unpaired) electrons. The van der Waals surface area contributed by atoms with Gasteiger partial charge in [0, 0.05) is 26.2 Å². The number of rotatable bonds is 2. The Bertz CT molecular complexity index is 926. The minimum Gasteiger partial charge on any atom is -0.506 e. The van der Waals surface area contributed by atoms with Crippen LogP contribution in [0.3, 0.4) is 0 Å². The number of phenols is 1. The molecule has 0 saturated carbocycles. The summed E-state index contributed by atoms with van der Waals surface area (Å²) in [6, 6.07) is 10.9. The van der Waals surface area contributed by atoms with Crippen molar-refractivity contribution in [3.8, 4) is 5.75 Å². The minimum atomic E-state index is 0.313. The molecule has 0 bridgehead atoms. The predicted molar refractivity (Wildman–Crippen MR) is 102 cm³/mol. The Kier molecular flexibility index (Phi) is 4.27. The van der Waals surface area contributed by atoms with E-state index in [4.69, 9.17) is 23.2 Å². The number of anilines is 2. The summed E-state index contributed by atoms with van der Waals surface area (Å²) in [5, 5.41) is 11.0. The molecule has 0 unspecified atom stereocenters. The normalized spacial score (nSPS) is 15.0. The largest absolute Gasteiger partial charge is 0.506 e. The molecule has 2 heterocycles. The summed E-state index contributed by atoms with van der Waals surface area (Å²) in [6.45, 7) is 3.21. The van der Waals surface area contributed by atoms with Crippen LogP contribution in [0, 0.1) is 0 Å². The minimum absolute atomic E-state index is 0.313. The third-order valence-electron chi connectivity index (χ3n) is 4.40. The van der Waals surface area contributed by atoms with E-state index in [9.17, 15) is 5.11 Å². The number of phenolic OH excluding ortho intramolecular Hbond substituents is 1. The van der Waals surface area contributed by atoms with Gasteiger partial charge in [-0.1, -0.05) is 35.3 Å². The summed E-state index contributed by atoms with van der Waals surface area (Å²) in [4.78, 5) is 13.5. The van der Waals surface area contributed by atoms with Crippen LogP contribution in [0.4, 0.5) is 11.5 Å². The summed E-state index contributed by atoms with van der Waals surface area (Å²) < 4.78 is 0. The SMILES string of the molecule is Oc1ccccc1N1CCN(c2cnc3cc(Cl)c(Cl)cc3n2)CC1. The number of halogens is 2. The highest BCUT2D eigenvalue weighted by molar-refractivity contribution is 6.42. The van der Waals surface area contributed by atoms with Gasteiger partial charge in [-0.3, -0.25) is 4.98 Å². The number of piperazine rings is 1. The van der Waals surface area contributed by atoms with Crippen molar-refractivity contribution in [2.45, 2.75) is 0 Å². The fourth-order valence-electron chi connectivity index (χ4n) is 3.06. The summed E-state index contributed by atoms with van der Waals surface area (Å²) in [6.07, 6.45) is 1.77. The lowest BCUT2D eigenvalue weighted by molar-refractivity contribution is 0.472. The summed E-state index contributed by atoms with van der Waals surface area (Å²) in [5.41, 5.74) is 2.33. The Morgan fingerprint density at radius 3 is 2.24 bits per heavy atom. The van der Waals surface area contributed by atoms with Gasteiger partial charge in [0.1, 0.15) is 11.6 Å². The first kappa shape index (κ1) is 16.2. The summed E-state index contributed by atoms with van der Waals surface area (Å²) in [5.74, 6) is 1.13. The lowest BCUT2D eigenvalue weighted by Gasteiger charge is -2.36. The van der Waals surface area contributed by atoms with Crippen molar-refractivity contribution in [2.24, 2.45) is 0 Å². The van der Waals surface area contributed by atoms with Crippen molar-refractivity contribution in [3.63, 3.8) is 0 Å². The number of hydrogen-bond acceptors (Lipinski definition) is 5. The molecule has 1 N–H and O–H groups in total. The third kappa shape index (κ3) is 3.17. The first-order valence-corrected chi connectivity index (χ1v) is 8.77. The van der Waals surface area contributed by atoms with E-state index in [2.05, 4.69) is 19.8 Å². The van der Waals surface area contributed by atoms with E-state index in [1.165, 1.54) is 0 Å². The van der Waals surface area contributed by atoms with Gasteiger partial charge in [0.15, 0.2) is 0 Å². The van der Waals surface area contributed by atoms with Crippen molar-refractivity contribution < 1.29 is 5.11 Å². The molecule has 7 heteroatoms. The average Bonchev–Trinajstić information content (AvgIpc) is 2.63. The first-order valence-electron chi connectivity index (χ1n) is 8.01. The average molecular weight is 375 g/mol. The summed E-state index contributed by atoms with van der Waals surface area (Å²) >= 11 is 12.1. The van der Waals surface area contributed by atoms with E-state index in [-0.39, 0.29) is 0 Å². The third-order valence-corrected chi connectivity index (χ3v) is 5.12. The van der Waals surface area contributed by atoms with Gasteiger partial charge < -0.3 is 14.9 Å². The van der Waals surface area contributed by atoms with E-state index >= 15 is 0 Å². The van der Waals surface area contributed by atoms with Gasteiger partial charge in [-0.25, -0.2) is 4.98 Å². The molecule has 0 atom stereocenters. The standard InChI is InChI=1S/C18H16Cl2N4O/c19-12-9-14-15(10-13(12)20)22-18(11-21-14)24-7-5-23(6-8-24)16-3-1-2-4-17(16)25/h1-4,9-11,25H,5-8H2. The van der Waals surface area contributed by atoms with Crippen LogP contribution in [0.5, 0.6) is 5.75 Å². The molecule has 4 rings (SSSR count). The number of nitrogens with zero attached hydrogens (tertiary/aromatic N) is 4. The topological polar surface area (TPSA) is 52.5 Å². The summed E-state index contributed by atoms with van der Waals surface area (Å²) in [7, 11) is 0. The van der Waals surface area contributed by atoms with Crippen molar-refractivity contribution in [2.75, 3.05) is 36.0 Å². The van der Waals surface area contributed by atoms with Crippen LogP contribution < -0.4 is 9.80 Å². The van der Waals surface area contributed by atoms with Crippen LogP contribution in [-0.4, -0.2) is 41.3 Å². The Labute approximate surface area is 155 Å². The number of aromatic hydroxyl groups is 1. The zero-order chi connectivity index (χ0) is 17.4. The van der Waals surface area contributed by atoms with E-state index in [0.29, 0.717) is 15.8 Å². The molecule has 3 aromatic rings. The fourth-order valence-corrected chi connectivity index (χ4v) is 3.37. The number of para-hydroxylation sites is 2. The Balaban J connectivity index is 1.53. The lowest BCUT2D eigenvalue weighted by Crippen LogP contribution is -2.46. The van der Waals surface area contributed by atoms with Gasteiger partial charge in [-0.2, -0.15) is 0 Å². The second kappa shape index (κ2) is 6.58. The van der Waals surface area contributed by atoms with Crippen molar-refractivity contribution in [1.82, 2.24) is 9.97 Å². The molecule has 5 nitrogen and oxygen atoms in total. The van der Waals surface area contributed by atoms with E-state index in [0.717, 1.165) is 48.7 Å². The Morgan fingerprint density at radius 1 is 0.880 bits per heavy atom. The molecule has 128 valence electrons. The monoisotopic (exact) mass is 374 g/mol. The zero-order valence-corrected chi connectivity index (χ0v) is 14.9. The number of hydrogen-bond donors (Lipinski definition) is 1. The molecule has 1 aliphatic rings. The van der Waals surface area contributed by atoms with Crippen LogP contribution >= 0.6 is 23.2 Å². The van der Waals surface area contributed by atoms with Gasteiger partial charge in [0.25, 0.3) is 0 Å². The molecule has 1 aromatic heterocycles. The fraction of sp³-hybridized carbons (Fsp3) is 0.222. The first-order chi connectivity index (χ1) is 12.1. The van der Waals surface area contributed by atoms with Crippen LogP contribution in [0.1, 0.15) is 0 Å². The van der Waals surface area contributed by atoms with Crippen LogP contribution in [0.2, 0.25) is 10.0 Å². The second-order valence-corrected chi connectivity index (χ2v) is 6.76. The molecule has 25 heavy (non-hydrogen) atoms. The van der Waals surface area contributed by atoms with E-state index in [1.54, 1.807) is 24.4 Å². The van der Waals surface area contributed by atoms with Crippen molar-refractivity contribution >= 4 is 45.7 Å². The smallest absolute Gasteiger partial charge is 0.147 e. The van der Waals surface area contributed by atoms with Gasteiger partial charge in [-0.15, -0.1) is 0 Å². The van der Waals surface area contributed by atoms with Crippen LogP contribution in [0.25, 0.3) is 11.0 Å². The van der Waals surface area contributed by atoms with Gasteiger partial charge in [0.2, 0.25) is 0 Å². The van der Waals surface area contributed by atoms with E-state index < -0.39 is 0 Å². The highest BCUT2D eigenvalue weighted by atomic mass is 35.5. The Morgan fingerprint density at radius 2 is 1.52 bits per heavy atom. The molecule has 0 amide bonds. The van der Waals surface area contributed by atoms with Crippen LogP contribution in [-0.2, 0) is 0 Å². The zero-order valence-electron chi connectivity index (χ0n) is 13.4. The maximum absolute atomic E-state index is 10.0. The van der Waals surface area contributed by atoms with E-state index in [1.807, 2.05) is 18.2 Å². The van der Waals surface area contributed by atoms with Gasteiger partial charge >= 0.3 is 0 Å². The Hall–Kier alpha value is -2.24. The molecular weight excluding hydrogens is 359 g/mol. The number of benzene rings is 2. The maximum atomic E-state index is 10.0. The highest BCUT2D eigenvalue weighted by Crippen LogP contribution is 2.29. The molecule has 0 spiro atoms.